The third-order valence-electron chi connectivity index (χ3n) is 3.11. The Morgan fingerprint density at radius 1 is 1.18 bits per heavy atom. The minimum Gasteiger partial charge on any atom is -0.497 e. The van der Waals surface area contributed by atoms with Crippen LogP contribution in [0, 0.1) is 6.92 Å². The van der Waals surface area contributed by atoms with Crippen LogP contribution in [0.25, 0.3) is 0 Å². The predicted molar refractivity (Wildman–Crippen MR) is 72.7 cm³/mol. The van der Waals surface area contributed by atoms with E-state index in [4.69, 9.17) is 10.5 Å². The van der Waals surface area contributed by atoms with Gasteiger partial charge in [0.15, 0.2) is 0 Å². The molecule has 0 radical (unpaired) electrons. The van der Waals surface area contributed by atoms with Gasteiger partial charge in [0, 0.05) is 4.88 Å². The second-order valence-electron chi connectivity index (χ2n) is 4.32. The van der Waals surface area contributed by atoms with Crippen LogP contribution in [-0.2, 0) is 5.54 Å². The van der Waals surface area contributed by atoms with Gasteiger partial charge < -0.3 is 10.5 Å². The molecule has 90 valence electrons. The highest BCUT2D eigenvalue weighted by Crippen LogP contribution is 2.32. The van der Waals surface area contributed by atoms with Crippen LogP contribution in [0.1, 0.15) is 22.9 Å². The van der Waals surface area contributed by atoms with Crippen LogP contribution in [0.2, 0.25) is 0 Å². The molecular weight excluding hydrogens is 230 g/mol. The molecule has 0 aliphatic rings. The van der Waals surface area contributed by atoms with Crippen molar-refractivity contribution < 1.29 is 4.74 Å². The molecule has 0 amide bonds. The van der Waals surface area contributed by atoms with Crippen LogP contribution in [0.15, 0.2) is 35.7 Å². The highest BCUT2D eigenvalue weighted by molar-refractivity contribution is 7.10. The molecule has 2 nitrogen and oxygen atoms in total. The van der Waals surface area contributed by atoms with Gasteiger partial charge in [0.1, 0.15) is 5.75 Å². The SMILES string of the molecule is COc1ccc(C(C)(N)c2ccsc2C)cc1. The monoisotopic (exact) mass is 247 g/mol. The minimum absolute atomic E-state index is 0.448. The number of benzene rings is 1. The van der Waals surface area contributed by atoms with Gasteiger partial charge >= 0.3 is 0 Å². The number of rotatable bonds is 3. The molecule has 1 unspecified atom stereocenters. The fourth-order valence-corrected chi connectivity index (χ4v) is 2.83. The van der Waals surface area contributed by atoms with Crippen molar-refractivity contribution in [1.82, 2.24) is 0 Å². The molecule has 0 spiro atoms. The van der Waals surface area contributed by atoms with Gasteiger partial charge in [-0.15, -0.1) is 11.3 Å². The lowest BCUT2D eigenvalue weighted by Gasteiger charge is -2.26. The Morgan fingerprint density at radius 3 is 2.29 bits per heavy atom. The molecule has 3 heteroatoms. The summed E-state index contributed by atoms with van der Waals surface area (Å²) in [7, 11) is 1.67. The van der Waals surface area contributed by atoms with Crippen molar-refractivity contribution in [2.24, 2.45) is 5.73 Å². The van der Waals surface area contributed by atoms with Crippen LogP contribution in [0.4, 0.5) is 0 Å². The summed E-state index contributed by atoms with van der Waals surface area (Å²) in [4.78, 5) is 1.27. The lowest BCUT2D eigenvalue weighted by molar-refractivity contribution is 0.414. The molecule has 1 atom stereocenters. The zero-order valence-electron chi connectivity index (χ0n) is 10.4. The van der Waals surface area contributed by atoms with Crippen LogP contribution < -0.4 is 10.5 Å². The van der Waals surface area contributed by atoms with Gasteiger partial charge in [0.05, 0.1) is 12.6 Å². The van der Waals surface area contributed by atoms with Crippen LogP contribution in [0.5, 0.6) is 5.75 Å². The zero-order chi connectivity index (χ0) is 12.5. The summed E-state index contributed by atoms with van der Waals surface area (Å²) in [5, 5.41) is 2.08. The molecular formula is C14H17NOS. The van der Waals surface area contributed by atoms with Gasteiger partial charge in [0.2, 0.25) is 0 Å². The van der Waals surface area contributed by atoms with Gasteiger partial charge in [-0.25, -0.2) is 0 Å². The number of ether oxygens (including phenoxy) is 1. The molecule has 1 aromatic carbocycles. The first-order chi connectivity index (χ1) is 8.05. The fourth-order valence-electron chi connectivity index (χ4n) is 2.02. The molecule has 1 heterocycles. The number of thiophene rings is 1. The third kappa shape index (κ3) is 2.21. The van der Waals surface area contributed by atoms with Crippen molar-refractivity contribution in [2.45, 2.75) is 19.4 Å². The van der Waals surface area contributed by atoms with E-state index in [1.165, 1.54) is 10.4 Å². The van der Waals surface area contributed by atoms with E-state index in [-0.39, 0.29) is 0 Å². The third-order valence-corrected chi connectivity index (χ3v) is 3.95. The fraction of sp³-hybridized carbons (Fsp3) is 0.286. The Bertz CT molecular complexity index is 499. The van der Waals surface area contributed by atoms with Crippen molar-refractivity contribution in [1.29, 1.82) is 0 Å². The summed E-state index contributed by atoms with van der Waals surface area (Å²) in [5.41, 5.74) is 8.30. The Kier molecular flexibility index (Phi) is 3.22. The van der Waals surface area contributed by atoms with Crippen molar-refractivity contribution in [3.8, 4) is 5.75 Å². The lowest BCUT2D eigenvalue weighted by atomic mass is 9.86. The van der Waals surface area contributed by atoms with Crippen molar-refractivity contribution in [2.75, 3.05) is 7.11 Å². The number of hydrogen-bond acceptors (Lipinski definition) is 3. The predicted octanol–water partition coefficient (Wildman–Crippen LogP) is 3.29. The van der Waals surface area contributed by atoms with Gasteiger partial charge in [0.25, 0.3) is 0 Å². The molecule has 0 bridgehead atoms. The maximum absolute atomic E-state index is 6.46. The number of hydrogen-bond donors (Lipinski definition) is 1. The Balaban J connectivity index is 2.40. The molecule has 0 saturated carbocycles. The van der Waals surface area contributed by atoms with E-state index in [2.05, 4.69) is 18.4 Å². The van der Waals surface area contributed by atoms with E-state index in [1.807, 2.05) is 31.2 Å². The summed E-state index contributed by atoms with van der Waals surface area (Å²) in [6.45, 7) is 4.15. The smallest absolute Gasteiger partial charge is 0.118 e. The maximum atomic E-state index is 6.46. The average molecular weight is 247 g/mol. The van der Waals surface area contributed by atoms with E-state index in [0.717, 1.165) is 11.3 Å². The van der Waals surface area contributed by atoms with E-state index in [0.29, 0.717) is 0 Å². The first-order valence-corrected chi connectivity index (χ1v) is 6.41. The van der Waals surface area contributed by atoms with Gasteiger partial charge in [-0.1, -0.05) is 12.1 Å². The van der Waals surface area contributed by atoms with Gasteiger partial charge in [-0.3, -0.25) is 0 Å². The molecule has 0 aliphatic carbocycles. The molecule has 2 aromatic rings. The normalized spacial score (nSPS) is 14.4. The van der Waals surface area contributed by atoms with Crippen LogP contribution in [0.3, 0.4) is 0 Å². The number of nitrogens with two attached hydrogens (primary N) is 1. The van der Waals surface area contributed by atoms with Crippen LogP contribution in [-0.4, -0.2) is 7.11 Å². The maximum Gasteiger partial charge on any atom is 0.118 e. The molecule has 0 fully saturated rings. The van der Waals surface area contributed by atoms with E-state index in [9.17, 15) is 0 Å². The lowest BCUT2D eigenvalue weighted by Crippen LogP contribution is -2.34. The molecule has 0 aliphatic heterocycles. The largest absolute Gasteiger partial charge is 0.497 e. The topological polar surface area (TPSA) is 35.2 Å². The van der Waals surface area contributed by atoms with Crippen LogP contribution >= 0.6 is 11.3 Å². The Morgan fingerprint density at radius 2 is 1.82 bits per heavy atom. The van der Waals surface area contributed by atoms with Crippen molar-refractivity contribution in [3.05, 3.63) is 51.7 Å². The van der Waals surface area contributed by atoms with Gasteiger partial charge in [-0.05, 0) is 48.6 Å². The molecule has 2 N–H and O–H groups in total. The number of aryl methyl sites for hydroxylation is 1. The molecule has 17 heavy (non-hydrogen) atoms. The second kappa shape index (κ2) is 4.51. The molecule has 2 rings (SSSR count). The summed E-state index contributed by atoms with van der Waals surface area (Å²) in [5.74, 6) is 0.853. The van der Waals surface area contributed by atoms with E-state index in [1.54, 1.807) is 18.4 Å². The summed E-state index contributed by atoms with van der Waals surface area (Å²) in [6, 6.07) is 10.0. The standard InChI is InChI=1S/C14H17NOS/c1-10-13(8-9-17-10)14(2,15)11-4-6-12(16-3)7-5-11/h4-9H,15H2,1-3H3. The van der Waals surface area contributed by atoms with Crippen molar-refractivity contribution in [3.63, 3.8) is 0 Å². The summed E-state index contributed by atoms with van der Waals surface area (Å²) < 4.78 is 5.16. The second-order valence-corrected chi connectivity index (χ2v) is 5.44. The summed E-state index contributed by atoms with van der Waals surface area (Å²) >= 11 is 1.73. The Hall–Kier alpha value is -1.32. The van der Waals surface area contributed by atoms with Gasteiger partial charge in [-0.2, -0.15) is 0 Å². The first kappa shape index (κ1) is 12.1. The molecule has 0 saturated heterocycles. The summed E-state index contributed by atoms with van der Waals surface area (Å²) in [6.07, 6.45) is 0. The van der Waals surface area contributed by atoms with E-state index < -0.39 is 5.54 Å². The van der Waals surface area contributed by atoms with Crippen molar-refractivity contribution >= 4 is 11.3 Å². The minimum atomic E-state index is -0.448. The quantitative estimate of drug-likeness (QED) is 0.903. The highest BCUT2D eigenvalue weighted by Gasteiger charge is 2.25. The average Bonchev–Trinajstić information content (AvgIpc) is 2.76. The first-order valence-electron chi connectivity index (χ1n) is 5.53. The van der Waals surface area contributed by atoms with E-state index >= 15 is 0 Å². The number of methoxy groups -OCH3 is 1. The highest BCUT2D eigenvalue weighted by atomic mass is 32.1. The molecule has 1 aromatic heterocycles. The Labute approximate surface area is 106 Å². The zero-order valence-corrected chi connectivity index (χ0v) is 11.2.